The Morgan fingerprint density at radius 3 is 2.46 bits per heavy atom. The number of aryl methyl sites for hydroxylation is 1. The summed E-state index contributed by atoms with van der Waals surface area (Å²) in [6, 6.07) is 16.7. The van der Waals surface area contributed by atoms with Crippen LogP contribution in [0.2, 0.25) is 5.02 Å². The molecule has 0 spiro atoms. The molecule has 0 saturated carbocycles. The Kier molecular flexibility index (Phi) is 5.14. The highest BCUT2D eigenvalue weighted by atomic mass is 35.5. The van der Waals surface area contributed by atoms with Crippen molar-refractivity contribution in [3.8, 4) is 11.6 Å². The van der Waals surface area contributed by atoms with Gasteiger partial charge in [-0.05, 0) is 48.5 Å². The van der Waals surface area contributed by atoms with Gasteiger partial charge in [0.1, 0.15) is 4.88 Å². The largest absolute Gasteiger partial charge is 0.493 e. The Balaban J connectivity index is 1.84. The van der Waals surface area contributed by atoms with E-state index in [1.54, 1.807) is 24.3 Å². The molecule has 1 aromatic heterocycles. The minimum atomic E-state index is -0.111. The number of aromatic nitrogens is 1. The van der Waals surface area contributed by atoms with E-state index in [9.17, 15) is 9.90 Å². The summed E-state index contributed by atoms with van der Waals surface area (Å²) in [6.07, 6.45) is 0.957. The number of thiazole rings is 1. The minimum absolute atomic E-state index is 0.106. The Morgan fingerprint density at radius 2 is 1.79 bits per heavy atom. The zero-order valence-electron chi connectivity index (χ0n) is 12.6. The number of carbonyl (C=O) groups is 1. The van der Waals surface area contributed by atoms with Gasteiger partial charge in [-0.2, -0.15) is 0 Å². The van der Waals surface area contributed by atoms with Crippen LogP contribution >= 0.6 is 35.2 Å². The van der Waals surface area contributed by atoms with Crippen LogP contribution in [-0.2, 0) is 6.42 Å². The molecule has 122 valence electrons. The number of aromatic hydroxyl groups is 1. The maximum absolute atomic E-state index is 12.5. The van der Waals surface area contributed by atoms with Gasteiger partial charge >= 0.3 is 0 Å². The fraction of sp³-hybridized carbons (Fsp3) is 0.111. The van der Waals surface area contributed by atoms with Crippen LogP contribution in [0.3, 0.4) is 0 Å². The summed E-state index contributed by atoms with van der Waals surface area (Å²) in [5.41, 5.74) is 1.77. The lowest BCUT2D eigenvalue weighted by molar-refractivity contribution is 0.0983. The Morgan fingerprint density at radius 1 is 1.12 bits per heavy atom. The summed E-state index contributed by atoms with van der Waals surface area (Å²) >= 11 is 12.3. The molecule has 0 unspecified atom stereocenters. The number of benzene rings is 2. The normalized spacial score (nSPS) is 10.7. The zero-order chi connectivity index (χ0) is 17.1. The van der Waals surface area contributed by atoms with Gasteiger partial charge in [-0.15, -0.1) is 0 Å². The Bertz CT molecular complexity index is 914. The number of carbonyl (C=O) groups excluding carboxylic acids is 1. The number of rotatable bonds is 5. The van der Waals surface area contributed by atoms with Crippen LogP contribution in [0, 0.1) is 3.95 Å². The maximum Gasteiger partial charge on any atom is 0.219 e. The molecule has 0 amide bonds. The first-order valence-corrected chi connectivity index (χ1v) is 8.94. The highest BCUT2D eigenvalue weighted by molar-refractivity contribution is 7.73. The van der Waals surface area contributed by atoms with Crippen molar-refractivity contribution in [2.45, 2.75) is 12.8 Å². The lowest BCUT2D eigenvalue weighted by atomic mass is 10.1. The predicted octanol–water partition coefficient (Wildman–Crippen LogP) is 5.44. The summed E-state index contributed by atoms with van der Waals surface area (Å²) in [6.45, 7) is 0. The SMILES string of the molecule is O=C(CCc1ccccc1)c1sc(=S)n(-c2ccc(Cl)cc2)c1O. The highest BCUT2D eigenvalue weighted by Gasteiger charge is 2.19. The quantitative estimate of drug-likeness (QED) is 0.476. The van der Waals surface area contributed by atoms with Crippen molar-refractivity contribution in [2.75, 3.05) is 0 Å². The van der Waals surface area contributed by atoms with Crippen molar-refractivity contribution < 1.29 is 9.90 Å². The summed E-state index contributed by atoms with van der Waals surface area (Å²) in [4.78, 5) is 12.8. The molecular weight excluding hydrogens is 362 g/mol. The van der Waals surface area contributed by atoms with E-state index in [-0.39, 0.29) is 11.7 Å². The third-order valence-corrected chi connectivity index (χ3v) is 5.26. The number of Topliss-reactive ketones (excluding diaryl/α,β-unsaturated/α-hetero) is 1. The fourth-order valence-electron chi connectivity index (χ4n) is 2.38. The van der Waals surface area contributed by atoms with E-state index in [0.717, 1.165) is 16.9 Å². The number of hydrogen-bond donors (Lipinski definition) is 1. The molecule has 2 aromatic carbocycles. The summed E-state index contributed by atoms with van der Waals surface area (Å²) in [7, 11) is 0. The topological polar surface area (TPSA) is 42.2 Å². The first-order valence-electron chi connectivity index (χ1n) is 7.34. The molecule has 24 heavy (non-hydrogen) atoms. The van der Waals surface area contributed by atoms with Crippen molar-refractivity contribution >= 4 is 40.9 Å². The minimum Gasteiger partial charge on any atom is -0.493 e. The average molecular weight is 376 g/mol. The molecule has 0 aliphatic rings. The molecule has 1 heterocycles. The average Bonchev–Trinajstić information content (AvgIpc) is 2.89. The van der Waals surface area contributed by atoms with Gasteiger partial charge in [-0.3, -0.25) is 9.36 Å². The van der Waals surface area contributed by atoms with Crippen LogP contribution in [0.25, 0.3) is 5.69 Å². The molecule has 3 aromatic rings. The molecule has 3 rings (SSSR count). The molecule has 3 nitrogen and oxygen atoms in total. The third-order valence-electron chi connectivity index (χ3n) is 3.61. The maximum atomic E-state index is 12.5. The first-order chi connectivity index (χ1) is 11.6. The third kappa shape index (κ3) is 3.59. The Labute approximate surface area is 153 Å². The molecule has 0 radical (unpaired) electrons. The van der Waals surface area contributed by atoms with Crippen LogP contribution in [0.15, 0.2) is 54.6 Å². The number of nitrogens with zero attached hydrogens (tertiary/aromatic N) is 1. The smallest absolute Gasteiger partial charge is 0.219 e. The molecule has 1 N–H and O–H groups in total. The number of ketones is 1. The zero-order valence-corrected chi connectivity index (χ0v) is 15.0. The van der Waals surface area contributed by atoms with Gasteiger partial charge in [0.2, 0.25) is 5.88 Å². The second-order valence-corrected chi connectivity index (χ2v) is 7.32. The van der Waals surface area contributed by atoms with E-state index in [2.05, 4.69) is 0 Å². The van der Waals surface area contributed by atoms with E-state index >= 15 is 0 Å². The monoisotopic (exact) mass is 375 g/mol. The van der Waals surface area contributed by atoms with Crippen LogP contribution < -0.4 is 0 Å². The van der Waals surface area contributed by atoms with Gasteiger partial charge in [-0.25, -0.2) is 0 Å². The molecule has 0 fully saturated rings. The molecule has 0 saturated heterocycles. The van der Waals surface area contributed by atoms with Crippen molar-refractivity contribution in [1.82, 2.24) is 4.57 Å². The van der Waals surface area contributed by atoms with E-state index < -0.39 is 0 Å². The summed E-state index contributed by atoms with van der Waals surface area (Å²) in [5.74, 6) is -0.217. The van der Waals surface area contributed by atoms with Crippen LogP contribution in [0.4, 0.5) is 0 Å². The molecule has 0 aliphatic carbocycles. The van der Waals surface area contributed by atoms with Crippen LogP contribution in [0.5, 0.6) is 5.88 Å². The summed E-state index contributed by atoms with van der Waals surface area (Å²) < 4.78 is 1.92. The van der Waals surface area contributed by atoms with Crippen LogP contribution in [0.1, 0.15) is 21.7 Å². The van der Waals surface area contributed by atoms with Crippen LogP contribution in [-0.4, -0.2) is 15.5 Å². The van der Waals surface area contributed by atoms with E-state index in [1.807, 2.05) is 30.3 Å². The highest BCUT2D eigenvalue weighted by Crippen LogP contribution is 2.31. The van der Waals surface area contributed by atoms with Gasteiger partial charge in [-0.1, -0.05) is 53.3 Å². The van der Waals surface area contributed by atoms with E-state index in [0.29, 0.717) is 32.4 Å². The second kappa shape index (κ2) is 7.30. The summed E-state index contributed by atoms with van der Waals surface area (Å²) in [5, 5.41) is 11.0. The van der Waals surface area contributed by atoms with Gasteiger partial charge in [0, 0.05) is 11.4 Å². The second-order valence-electron chi connectivity index (χ2n) is 5.24. The number of hydrogen-bond acceptors (Lipinski definition) is 4. The van der Waals surface area contributed by atoms with Crippen molar-refractivity contribution in [3.05, 3.63) is 74.0 Å². The molecule has 0 bridgehead atoms. The molecule has 6 heteroatoms. The van der Waals surface area contributed by atoms with E-state index in [1.165, 1.54) is 4.57 Å². The molecular formula is C18H14ClNO2S2. The first kappa shape index (κ1) is 16.9. The van der Waals surface area contributed by atoms with Crippen molar-refractivity contribution in [1.29, 1.82) is 0 Å². The van der Waals surface area contributed by atoms with Gasteiger partial charge in [0.05, 0.1) is 5.69 Å². The van der Waals surface area contributed by atoms with Gasteiger partial charge in [0.25, 0.3) is 0 Å². The Hall–Kier alpha value is -1.95. The van der Waals surface area contributed by atoms with Crippen molar-refractivity contribution in [2.24, 2.45) is 0 Å². The van der Waals surface area contributed by atoms with E-state index in [4.69, 9.17) is 23.8 Å². The van der Waals surface area contributed by atoms with Crippen molar-refractivity contribution in [3.63, 3.8) is 0 Å². The molecule has 0 aliphatic heterocycles. The lowest BCUT2D eigenvalue weighted by Crippen LogP contribution is -2.01. The fourth-order valence-corrected chi connectivity index (χ4v) is 3.81. The van der Waals surface area contributed by atoms with Gasteiger partial charge in [0.15, 0.2) is 9.74 Å². The standard InChI is InChI=1S/C18H14ClNO2S2/c19-13-7-9-14(10-8-13)20-17(22)16(24-18(20)23)15(21)11-6-12-4-2-1-3-5-12/h1-5,7-10,22H,6,11H2. The molecule has 0 atom stereocenters. The number of halogens is 1. The van der Waals surface area contributed by atoms with Gasteiger partial charge < -0.3 is 5.11 Å². The lowest BCUT2D eigenvalue weighted by Gasteiger charge is -2.05. The predicted molar refractivity (Wildman–Crippen MR) is 100 cm³/mol.